The molecule has 0 spiro atoms. The lowest BCUT2D eigenvalue weighted by molar-refractivity contribution is 0.273. The minimum Gasteiger partial charge on any atom is -0.491 e. The van der Waals surface area contributed by atoms with Gasteiger partial charge < -0.3 is 15.7 Å². The zero-order valence-corrected chi connectivity index (χ0v) is 8.54. The highest BCUT2D eigenvalue weighted by Gasteiger charge is 2.06. The van der Waals surface area contributed by atoms with Gasteiger partial charge in [-0.1, -0.05) is 16.8 Å². The fraction of sp³-hybridized carbons (Fsp3) is 0.222. The van der Waals surface area contributed by atoms with Gasteiger partial charge in [-0.15, -0.1) is 0 Å². The van der Waals surface area contributed by atoms with Crippen LogP contribution in [-0.2, 0) is 0 Å². The number of hydrogen-bond donors (Lipinski definition) is 2. The molecule has 0 fully saturated rings. The number of hydrogen-bond acceptors (Lipinski definition) is 3. The van der Waals surface area contributed by atoms with E-state index in [9.17, 15) is 4.39 Å². The first-order valence-electron chi connectivity index (χ1n) is 4.15. The van der Waals surface area contributed by atoms with E-state index in [4.69, 9.17) is 27.3 Å². The molecule has 1 aromatic rings. The van der Waals surface area contributed by atoms with Gasteiger partial charge in [0.2, 0.25) is 0 Å². The SMILES string of the molecule is N/C(=N/O)c1ccc(OCCF)cc1Cl. The summed E-state index contributed by atoms with van der Waals surface area (Å²) in [5.74, 6) is 0.351. The van der Waals surface area contributed by atoms with Gasteiger partial charge in [0.1, 0.15) is 19.0 Å². The smallest absolute Gasteiger partial charge is 0.171 e. The van der Waals surface area contributed by atoms with Gasteiger partial charge in [-0.25, -0.2) is 4.39 Å². The van der Waals surface area contributed by atoms with Crippen LogP contribution in [0.3, 0.4) is 0 Å². The Morgan fingerprint density at radius 3 is 2.87 bits per heavy atom. The molecule has 0 unspecified atom stereocenters. The maximum absolute atomic E-state index is 11.8. The van der Waals surface area contributed by atoms with E-state index in [1.165, 1.54) is 12.1 Å². The maximum Gasteiger partial charge on any atom is 0.171 e. The summed E-state index contributed by atoms with van der Waals surface area (Å²) in [7, 11) is 0. The van der Waals surface area contributed by atoms with E-state index < -0.39 is 6.67 Å². The van der Waals surface area contributed by atoms with Crippen molar-refractivity contribution in [2.75, 3.05) is 13.3 Å². The normalized spacial score (nSPS) is 11.5. The van der Waals surface area contributed by atoms with Crippen LogP contribution in [0.25, 0.3) is 0 Å². The lowest BCUT2D eigenvalue weighted by atomic mass is 10.2. The van der Waals surface area contributed by atoms with Crippen molar-refractivity contribution < 1.29 is 14.3 Å². The van der Waals surface area contributed by atoms with Crippen molar-refractivity contribution in [2.45, 2.75) is 0 Å². The lowest BCUT2D eigenvalue weighted by Gasteiger charge is -2.06. The summed E-state index contributed by atoms with van der Waals surface area (Å²) in [5.41, 5.74) is 5.76. The Morgan fingerprint density at radius 2 is 2.33 bits per heavy atom. The van der Waals surface area contributed by atoms with Crippen LogP contribution in [0.5, 0.6) is 5.75 Å². The summed E-state index contributed by atoms with van der Waals surface area (Å²) in [6.07, 6.45) is 0. The molecule has 0 heterocycles. The molecule has 0 radical (unpaired) electrons. The summed E-state index contributed by atoms with van der Waals surface area (Å²) < 4.78 is 16.8. The van der Waals surface area contributed by atoms with Crippen molar-refractivity contribution >= 4 is 17.4 Å². The second-order valence-corrected chi connectivity index (χ2v) is 3.07. The molecule has 4 nitrogen and oxygen atoms in total. The number of rotatable bonds is 4. The standard InChI is InChI=1S/C9H10ClFN2O2/c10-8-5-6(15-4-3-11)1-2-7(8)9(12)13-14/h1-2,5,14H,3-4H2,(H2,12,13). The van der Waals surface area contributed by atoms with Crippen LogP contribution < -0.4 is 10.5 Å². The van der Waals surface area contributed by atoms with Crippen LogP contribution in [0.2, 0.25) is 5.02 Å². The molecule has 0 aromatic heterocycles. The minimum absolute atomic E-state index is 0.0285. The zero-order chi connectivity index (χ0) is 11.3. The van der Waals surface area contributed by atoms with Crippen LogP contribution in [0.1, 0.15) is 5.56 Å². The number of nitrogens with two attached hydrogens (primary N) is 1. The first kappa shape index (κ1) is 11.6. The lowest BCUT2D eigenvalue weighted by Crippen LogP contribution is -2.13. The quantitative estimate of drug-likeness (QED) is 0.360. The van der Waals surface area contributed by atoms with Gasteiger partial charge in [-0.3, -0.25) is 0 Å². The number of benzene rings is 1. The van der Waals surface area contributed by atoms with Crippen LogP contribution in [0.4, 0.5) is 4.39 Å². The van der Waals surface area contributed by atoms with Gasteiger partial charge in [-0.05, 0) is 18.2 Å². The molecule has 0 atom stereocenters. The molecule has 0 aliphatic carbocycles. The van der Waals surface area contributed by atoms with Gasteiger partial charge in [0.15, 0.2) is 5.84 Å². The summed E-state index contributed by atoms with van der Waals surface area (Å²) in [6, 6.07) is 4.57. The van der Waals surface area contributed by atoms with E-state index in [0.717, 1.165) is 0 Å². The van der Waals surface area contributed by atoms with Crippen molar-refractivity contribution in [3.63, 3.8) is 0 Å². The molecule has 0 bridgehead atoms. The monoisotopic (exact) mass is 232 g/mol. The third-order valence-electron chi connectivity index (χ3n) is 1.67. The van der Waals surface area contributed by atoms with Crippen molar-refractivity contribution in [3.05, 3.63) is 28.8 Å². The molecule has 1 rings (SSSR count). The van der Waals surface area contributed by atoms with Gasteiger partial charge in [-0.2, -0.15) is 0 Å². The van der Waals surface area contributed by atoms with Gasteiger partial charge in [0.05, 0.1) is 5.02 Å². The molecule has 0 aliphatic heterocycles. The van der Waals surface area contributed by atoms with Crippen molar-refractivity contribution in [3.8, 4) is 5.75 Å². The molecule has 1 aromatic carbocycles. The van der Waals surface area contributed by atoms with Crippen molar-refractivity contribution in [2.24, 2.45) is 10.9 Å². The average molecular weight is 233 g/mol. The van der Waals surface area contributed by atoms with Crippen LogP contribution >= 0.6 is 11.6 Å². The number of ether oxygens (including phenoxy) is 1. The summed E-state index contributed by atoms with van der Waals surface area (Å²) in [5, 5.41) is 11.5. The average Bonchev–Trinajstić information content (AvgIpc) is 2.25. The highest BCUT2D eigenvalue weighted by Crippen LogP contribution is 2.22. The van der Waals surface area contributed by atoms with Gasteiger partial charge >= 0.3 is 0 Å². The predicted octanol–water partition coefficient (Wildman–Crippen LogP) is 1.78. The van der Waals surface area contributed by atoms with E-state index in [1.807, 2.05) is 0 Å². The number of halogens is 2. The number of amidine groups is 1. The van der Waals surface area contributed by atoms with E-state index in [2.05, 4.69) is 5.16 Å². The fourth-order valence-electron chi connectivity index (χ4n) is 1.00. The van der Waals surface area contributed by atoms with Crippen molar-refractivity contribution in [1.82, 2.24) is 0 Å². The van der Waals surface area contributed by atoms with E-state index in [1.54, 1.807) is 6.07 Å². The van der Waals surface area contributed by atoms with Crippen LogP contribution in [0.15, 0.2) is 23.4 Å². The third-order valence-corrected chi connectivity index (χ3v) is 1.98. The molecular formula is C9H10ClFN2O2. The summed E-state index contributed by atoms with van der Waals surface area (Å²) >= 11 is 5.84. The van der Waals surface area contributed by atoms with E-state index in [0.29, 0.717) is 11.3 Å². The number of nitrogens with zero attached hydrogens (tertiary/aromatic N) is 1. The Morgan fingerprint density at radius 1 is 1.60 bits per heavy atom. The second-order valence-electron chi connectivity index (χ2n) is 2.66. The van der Waals surface area contributed by atoms with Gasteiger partial charge in [0, 0.05) is 5.56 Å². The topological polar surface area (TPSA) is 67.8 Å². The molecule has 6 heteroatoms. The maximum atomic E-state index is 11.8. The Labute approximate surface area is 91.1 Å². The molecule has 3 N–H and O–H groups in total. The second kappa shape index (κ2) is 5.41. The summed E-state index contributed by atoms with van der Waals surface area (Å²) in [4.78, 5) is 0. The molecule has 0 saturated carbocycles. The first-order valence-corrected chi connectivity index (χ1v) is 4.53. The van der Waals surface area contributed by atoms with E-state index >= 15 is 0 Å². The predicted molar refractivity (Wildman–Crippen MR) is 55.4 cm³/mol. The van der Waals surface area contributed by atoms with Crippen LogP contribution in [-0.4, -0.2) is 24.3 Å². The van der Waals surface area contributed by atoms with Gasteiger partial charge in [0.25, 0.3) is 0 Å². The first-order chi connectivity index (χ1) is 7.19. The molecule has 15 heavy (non-hydrogen) atoms. The number of alkyl halides is 1. The highest BCUT2D eigenvalue weighted by molar-refractivity contribution is 6.34. The molecule has 82 valence electrons. The molecule has 0 amide bonds. The fourth-order valence-corrected chi connectivity index (χ4v) is 1.27. The zero-order valence-electron chi connectivity index (χ0n) is 7.78. The Kier molecular flexibility index (Phi) is 4.17. The van der Waals surface area contributed by atoms with Crippen LogP contribution in [0, 0.1) is 0 Å². The molecule has 0 aliphatic rings. The molecular weight excluding hydrogens is 223 g/mol. The highest BCUT2D eigenvalue weighted by atomic mass is 35.5. The number of oxime groups is 1. The van der Waals surface area contributed by atoms with E-state index in [-0.39, 0.29) is 17.5 Å². The minimum atomic E-state index is -0.570. The Bertz CT molecular complexity index is 371. The summed E-state index contributed by atoms with van der Waals surface area (Å²) in [6.45, 7) is -0.598. The Hall–Kier alpha value is -1.49. The Balaban J connectivity index is 2.88. The molecule has 0 saturated heterocycles. The largest absolute Gasteiger partial charge is 0.491 e. The third kappa shape index (κ3) is 2.99. The van der Waals surface area contributed by atoms with Crippen molar-refractivity contribution in [1.29, 1.82) is 0 Å².